The summed E-state index contributed by atoms with van der Waals surface area (Å²) >= 11 is 0. The van der Waals surface area contributed by atoms with Crippen molar-refractivity contribution in [3.8, 4) is 0 Å². The van der Waals surface area contributed by atoms with Crippen molar-refractivity contribution in [3.63, 3.8) is 0 Å². The zero-order valence-electron chi connectivity index (χ0n) is 10.2. The van der Waals surface area contributed by atoms with Gasteiger partial charge in [0.1, 0.15) is 0 Å². The summed E-state index contributed by atoms with van der Waals surface area (Å²) in [7, 11) is 0. The molecular weight excluding hydrogens is 192 g/mol. The second-order valence-corrected chi connectivity index (χ2v) is 4.36. The van der Waals surface area contributed by atoms with Gasteiger partial charge in [0.05, 0.1) is 0 Å². The van der Waals surface area contributed by atoms with Crippen molar-refractivity contribution in [1.29, 1.82) is 0 Å². The van der Waals surface area contributed by atoms with Crippen molar-refractivity contribution in [2.45, 2.75) is 20.3 Å². The van der Waals surface area contributed by atoms with Crippen molar-refractivity contribution in [2.75, 3.05) is 0 Å². The predicted octanol–water partition coefficient (Wildman–Crippen LogP) is 4.64. The molecule has 16 heavy (non-hydrogen) atoms. The van der Waals surface area contributed by atoms with Crippen LogP contribution in [0.4, 0.5) is 0 Å². The maximum atomic E-state index is 3.83. The second kappa shape index (κ2) is 6.12. The first-order chi connectivity index (χ1) is 7.67. The standard InChI is InChI=1S/C16H20/c1-5-8-15(6-2)16-10-7-9-14(12-16)11-13(3)4/h5-10,12-13H,1-2,11H2,3-4H3/b15-8+. The molecule has 0 aromatic heterocycles. The normalized spacial score (nSPS) is 11.6. The summed E-state index contributed by atoms with van der Waals surface area (Å²) in [5.41, 5.74) is 3.72. The van der Waals surface area contributed by atoms with Gasteiger partial charge in [-0.3, -0.25) is 0 Å². The summed E-state index contributed by atoms with van der Waals surface area (Å²) in [6.07, 6.45) is 6.77. The average molecular weight is 212 g/mol. The Morgan fingerprint density at radius 2 is 2.06 bits per heavy atom. The van der Waals surface area contributed by atoms with Gasteiger partial charge in [0, 0.05) is 0 Å². The molecule has 84 valence electrons. The van der Waals surface area contributed by atoms with Crippen LogP contribution < -0.4 is 0 Å². The van der Waals surface area contributed by atoms with Crippen LogP contribution >= 0.6 is 0 Å². The summed E-state index contributed by atoms with van der Waals surface area (Å²) in [5.74, 6) is 0.686. The Hall–Kier alpha value is -1.56. The zero-order valence-corrected chi connectivity index (χ0v) is 10.2. The Kier molecular flexibility index (Phi) is 4.78. The average Bonchev–Trinajstić information content (AvgIpc) is 2.25. The minimum absolute atomic E-state index is 0.686. The second-order valence-electron chi connectivity index (χ2n) is 4.36. The van der Waals surface area contributed by atoms with Gasteiger partial charge in [-0.2, -0.15) is 0 Å². The van der Waals surface area contributed by atoms with E-state index in [4.69, 9.17) is 0 Å². The summed E-state index contributed by atoms with van der Waals surface area (Å²) in [4.78, 5) is 0. The summed E-state index contributed by atoms with van der Waals surface area (Å²) in [6, 6.07) is 8.63. The molecule has 0 aliphatic carbocycles. The molecule has 0 fully saturated rings. The van der Waals surface area contributed by atoms with Gasteiger partial charge in [-0.25, -0.2) is 0 Å². The first-order valence-electron chi connectivity index (χ1n) is 5.72. The van der Waals surface area contributed by atoms with Crippen molar-refractivity contribution < 1.29 is 0 Å². The third kappa shape index (κ3) is 3.54. The highest BCUT2D eigenvalue weighted by Crippen LogP contribution is 2.18. The molecule has 0 saturated carbocycles. The molecular formula is C16H20. The van der Waals surface area contributed by atoms with E-state index in [0.717, 1.165) is 12.0 Å². The topological polar surface area (TPSA) is 0 Å². The lowest BCUT2D eigenvalue weighted by Gasteiger charge is -2.08. The van der Waals surface area contributed by atoms with E-state index in [-0.39, 0.29) is 0 Å². The van der Waals surface area contributed by atoms with Crippen molar-refractivity contribution in [2.24, 2.45) is 5.92 Å². The fourth-order valence-corrected chi connectivity index (χ4v) is 1.76. The molecule has 0 spiro atoms. The summed E-state index contributed by atoms with van der Waals surface area (Å²) in [6.45, 7) is 12.0. The van der Waals surface area contributed by atoms with Crippen LogP contribution in [0.5, 0.6) is 0 Å². The molecule has 0 amide bonds. The highest BCUT2D eigenvalue weighted by molar-refractivity contribution is 5.74. The lowest BCUT2D eigenvalue weighted by molar-refractivity contribution is 0.647. The molecule has 1 aromatic carbocycles. The highest BCUT2D eigenvalue weighted by Gasteiger charge is 2.01. The third-order valence-electron chi connectivity index (χ3n) is 2.42. The fourth-order valence-electron chi connectivity index (χ4n) is 1.76. The Morgan fingerprint density at radius 1 is 1.31 bits per heavy atom. The van der Waals surface area contributed by atoms with Crippen molar-refractivity contribution in [1.82, 2.24) is 0 Å². The van der Waals surface area contributed by atoms with Gasteiger partial charge in [0.2, 0.25) is 0 Å². The van der Waals surface area contributed by atoms with Crippen LogP contribution in [0.15, 0.2) is 55.7 Å². The van der Waals surface area contributed by atoms with Gasteiger partial charge < -0.3 is 0 Å². The van der Waals surface area contributed by atoms with E-state index in [2.05, 4.69) is 51.3 Å². The molecule has 0 nitrogen and oxygen atoms in total. The van der Waals surface area contributed by atoms with Crippen LogP contribution in [0.3, 0.4) is 0 Å². The van der Waals surface area contributed by atoms with Gasteiger partial charge in [0.25, 0.3) is 0 Å². The van der Waals surface area contributed by atoms with Crippen LogP contribution in [0.1, 0.15) is 25.0 Å². The van der Waals surface area contributed by atoms with Crippen LogP contribution in [-0.2, 0) is 6.42 Å². The van der Waals surface area contributed by atoms with Crippen LogP contribution in [0, 0.1) is 5.92 Å². The van der Waals surface area contributed by atoms with E-state index in [9.17, 15) is 0 Å². The molecule has 0 radical (unpaired) electrons. The van der Waals surface area contributed by atoms with Gasteiger partial charge in [-0.15, -0.1) is 0 Å². The Balaban J connectivity index is 3.01. The number of allylic oxidation sites excluding steroid dienone is 4. The lowest BCUT2D eigenvalue weighted by atomic mass is 9.98. The highest BCUT2D eigenvalue weighted by atomic mass is 14.1. The largest absolute Gasteiger partial charge is 0.0990 e. The van der Waals surface area contributed by atoms with Gasteiger partial charge in [-0.1, -0.05) is 69.5 Å². The van der Waals surface area contributed by atoms with Crippen LogP contribution in [0.25, 0.3) is 5.57 Å². The number of hydrogen-bond donors (Lipinski definition) is 0. The fraction of sp³-hybridized carbons (Fsp3) is 0.250. The lowest BCUT2D eigenvalue weighted by Crippen LogP contribution is -1.94. The number of rotatable bonds is 5. The van der Waals surface area contributed by atoms with E-state index in [1.165, 1.54) is 11.1 Å². The monoisotopic (exact) mass is 212 g/mol. The Morgan fingerprint density at radius 3 is 2.62 bits per heavy atom. The van der Waals surface area contributed by atoms with E-state index in [0.29, 0.717) is 5.92 Å². The molecule has 0 heteroatoms. The number of benzene rings is 1. The van der Waals surface area contributed by atoms with Gasteiger partial charge in [0.15, 0.2) is 0 Å². The van der Waals surface area contributed by atoms with Crippen LogP contribution in [-0.4, -0.2) is 0 Å². The Labute approximate surface area is 99.0 Å². The smallest absolute Gasteiger partial charge is 0.0182 e. The zero-order chi connectivity index (χ0) is 12.0. The molecule has 0 N–H and O–H groups in total. The van der Waals surface area contributed by atoms with Crippen LogP contribution in [0.2, 0.25) is 0 Å². The van der Waals surface area contributed by atoms with Gasteiger partial charge in [-0.05, 0) is 29.0 Å². The van der Waals surface area contributed by atoms with E-state index < -0.39 is 0 Å². The molecule has 1 aromatic rings. The molecule has 0 saturated heterocycles. The molecule has 0 heterocycles. The Bertz CT molecular complexity index is 394. The van der Waals surface area contributed by atoms with E-state index in [1.807, 2.05) is 12.2 Å². The van der Waals surface area contributed by atoms with Crippen molar-refractivity contribution >= 4 is 5.57 Å². The predicted molar refractivity (Wildman–Crippen MR) is 73.4 cm³/mol. The van der Waals surface area contributed by atoms with E-state index >= 15 is 0 Å². The maximum absolute atomic E-state index is 3.83. The molecule has 0 bridgehead atoms. The SMILES string of the molecule is C=C/C=C(\C=C)c1cccc(CC(C)C)c1. The molecule has 0 atom stereocenters. The summed E-state index contributed by atoms with van der Waals surface area (Å²) in [5, 5.41) is 0. The summed E-state index contributed by atoms with van der Waals surface area (Å²) < 4.78 is 0. The third-order valence-corrected chi connectivity index (χ3v) is 2.42. The molecule has 0 aliphatic rings. The molecule has 1 rings (SSSR count). The molecule has 0 unspecified atom stereocenters. The first-order valence-corrected chi connectivity index (χ1v) is 5.72. The molecule has 0 aliphatic heterocycles. The quantitative estimate of drug-likeness (QED) is 0.624. The van der Waals surface area contributed by atoms with E-state index in [1.54, 1.807) is 6.08 Å². The number of hydrogen-bond acceptors (Lipinski definition) is 0. The first kappa shape index (κ1) is 12.5. The van der Waals surface area contributed by atoms with Crippen molar-refractivity contribution in [3.05, 3.63) is 66.8 Å². The van der Waals surface area contributed by atoms with Gasteiger partial charge >= 0.3 is 0 Å². The maximum Gasteiger partial charge on any atom is -0.0182 e. The minimum Gasteiger partial charge on any atom is -0.0990 e. The minimum atomic E-state index is 0.686.